The predicted octanol–water partition coefficient (Wildman–Crippen LogP) is 1.25. The molecule has 4 heteroatoms. The summed E-state index contributed by atoms with van der Waals surface area (Å²) in [7, 11) is 3.43. The van der Waals surface area contributed by atoms with Crippen molar-refractivity contribution in [2.24, 2.45) is 0 Å². The Morgan fingerprint density at radius 2 is 2.06 bits per heavy atom. The van der Waals surface area contributed by atoms with E-state index in [-0.39, 0.29) is 6.10 Å². The third kappa shape index (κ3) is 2.97. The van der Waals surface area contributed by atoms with E-state index in [0.29, 0.717) is 6.61 Å². The van der Waals surface area contributed by atoms with Gasteiger partial charge in [-0.15, -0.1) is 0 Å². The Hall–Kier alpha value is -1.10. The van der Waals surface area contributed by atoms with Crippen molar-refractivity contribution in [1.29, 1.82) is 0 Å². The number of hydrogen-bond acceptors (Lipinski definition) is 4. The predicted molar refractivity (Wildman–Crippen MR) is 67.6 cm³/mol. The Bertz CT molecular complexity index is 382. The van der Waals surface area contributed by atoms with Crippen LogP contribution in [0.1, 0.15) is 11.1 Å². The highest BCUT2D eigenvalue weighted by Crippen LogP contribution is 2.24. The second kappa shape index (κ2) is 5.49. The molecule has 94 valence electrons. The Balaban J connectivity index is 1.95. The lowest BCUT2D eigenvalue weighted by atomic mass is 10.1. The minimum Gasteiger partial charge on any atom is -0.399 e. The van der Waals surface area contributed by atoms with Gasteiger partial charge in [-0.3, -0.25) is 4.90 Å². The van der Waals surface area contributed by atoms with E-state index in [1.165, 1.54) is 11.1 Å². The molecular formula is C13H20N2O2. The molecule has 1 atom stereocenters. The Labute approximate surface area is 102 Å². The summed E-state index contributed by atoms with van der Waals surface area (Å²) in [5.41, 5.74) is 9.32. The fraction of sp³-hybridized carbons (Fsp3) is 0.538. The molecule has 1 aromatic carbocycles. The van der Waals surface area contributed by atoms with Crippen LogP contribution in [0.25, 0.3) is 0 Å². The summed E-state index contributed by atoms with van der Waals surface area (Å²) < 4.78 is 10.5. The van der Waals surface area contributed by atoms with Crippen LogP contribution in [0.2, 0.25) is 0 Å². The lowest BCUT2D eigenvalue weighted by Gasteiger charge is -2.21. The topological polar surface area (TPSA) is 47.7 Å². The summed E-state index contributed by atoms with van der Waals surface area (Å²) in [6.07, 6.45) is 0.131. The van der Waals surface area contributed by atoms with Crippen LogP contribution >= 0.6 is 0 Å². The van der Waals surface area contributed by atoms with Gasteiger partial charge in [-0.2, -0.15) is 0 Å². The standard InChI is InChI=1S/C13H20N2O2/c1-16-9-13(17-2)8-15-6-10-3-4-12(14)5-11(10)7-15/h3-5,13H,6-9,14H2,1-2H3. The number of nitrogens with zero attached hydrogens (tertiary/aromatic N) is 1. The molecule has 0 saturated heterocycles. The summed E-state index contributed by atoms with van der Waals surface area (Å²) in [5, 5.41) is 0. The van der Waals surface area contributed by atoms with Gasteiger partial charge in [0.1, 0.15) is 0 Å². The summed E-state index contributed by atoms with van der Waals surface area (Å²) in [5.74, 6) is 0. The number of nitrogens with two attached hydrogens (primary N) is 1. The van der Waals surface area contributed by atoms with Gasteiger partial charge in [0.15, 0.2) is 0 Å². The zero-order chi connectivity index (χ0) is 12.3. The molecule has 1 aliphatic rings. The molecule has 17 heavy (non-hydrogen) atoms. The average Bonchev–Trinajstić information content (AvgIpc) is 2.69. The summed E-state index contributed by atoms with van der Waals surface area (Å²) in [6, 6.07) is 6.14. The molecule has 0 aromatic heterocycles. The van der Waals surface area contributed by atoms with Crippen LogP contribution in [0.15, 0.2) is 18.2 Å². The van der Waals surface area contributed by atoms with Gasteiger partial charge < -0.3 is 15.2 Å². The van der Waals surface area contributed by atoms with Crippen molar-refractivity contribution in [3.8, 4) is 0 Å². The van der Waals surface area contributed by atoms with E-state index in [0.717, 1.165) is 25.3 Å². The summed E-state index contributed by atoms with van der Waals surface area (Å²) in [4.78, 5) is 2.36. The second-order valence-corrected chi connectivity index (χ2v) is 4.51. The third-order valence-electron chi connectivity index (χ3n) is 3.17. The molecule has 2 rings (SSSR count). The fourth-order valence-electron chi connectivity index (χ4n) is 2.28. The molecule has 4 nitrogen and oxygen atoms in total. The first-order chi connectivity index (χ1) is 8.22. The quantitative estimate of drug-likeness (QED) is 0.782. The van der Waals surface area contributed by atoms with Crippen LogP contribution in [-0.2, 0) is 22.6 Å². The van der Waals surface area contributed by atoms with E-state index in [9.17, 15) is 0 Å². The highest BCUT2D eigenvalue weighted by atomic mass is 16.5. The lowest BCUT2D eigenvalue weighted by Crippen LogP contribution is -2.32. The van der Waals surface area contributed by atoms with Crippen molar-refractivity contribution in [2.45, 2.75) is 19.2 Å². The Morgan fingerprint density at radius 3 is 2.76 bits per heavy atom. The second-order valence-electron chi connectivity index (χ2n) is 4.51. The van der Waals surface area contributed by atoms with Gasteiger partial charge in [-0.05, 0) is 23.3 Å². The zero-order valence-electron chi connectivity index (χ0n) is 10.5. The molecule has 0 fully saturated rings. The van der Waals surface area contributed by atoms with E-state index in [4.69, 9.17) is 15.2 Å². The number of anilines is 1. The monoisotopic (exact) mass is 236 g/mol. The minimum absolute atomic E-state index is 0.131. The maximum absolute atomic E-state index is 5.79. The van der Waals surface area contributed by atoms with Crippen molar-refractivity contribution in [3.05, 3.63) is 29.3 Å². The number of hydrogen-bond donors (Lipinski definition) is 1. The maximum atomic E-state index is 5.79. The SMILES string of the molecule is COCC(CN1Cc2ccc(N)cc2C1)OC. The Kier molecular flexibility index (Phi) is 3.99. The van der Waals surface area contributed by atoms with Gasteiger partial charge in [-0.25, -0.2) is 0 Å². The van der Waals surface area contributed by atoms with Crippen LogP contribution < -0.4 is 5.73 Å². The number of fused-ring (bicyclic) bond motifs is 1. The van der Waals surface area contributed by atoms with E-state index in [1.54, 1.807) is 14.2 Å². The summed E-state index contributed by atoms with van der Waals surface area (Å²) >= 11 is 0. The molecule has 1 unspecified atom stereocenters. The molecule has 0 amide bonds. The van der Waals surface area contributed by atoms with E-state index in [1.807, 2.05) is 6.07 Å². The minimum atomic E-state index is 0.131. The van der Waals surface area contributed by atoms with Gasteiger partial charge in [0.05, 0.1) is 12.7 Å². The van der Waals surface area contributed by atoms with Gasteiger partial charge in [0, 0.05) is 39.5 Å². The number of rotatable bonds is 5. The largest absolute Gasteiger partial charge is 0.399 e. The fourth-order valence-corrected chi connectivity index (χ4v) is 2.28. The molecule has 1 aliphatic heterocycles. The maximum Gasteiger partial charge on any atom is 0.0931 e. The highest BCUT2D eigenvalue weighted by Gasteiger charge is 2.21. The van der Waals surface area contributed by atoms with Crippen molar-refractivity contribution in [3.63, 3.8) is 0 Å². The average molecular weight is 236 g/mol. The number of ether oxygens (including phenoxy) is 2. The van der Waals surface area contributed by atoms with Gasteiger partial charge in [0.2, 0.25) is 0 Å². The van der Waals surface area contributed by atoms with Crippen LogP contribution in [0.4, 0.5) is 5.69 Å². The highest BCUT2D eigenvalue weighted by molar-refractivity contribution is 5.46. The van der Waals surface area contributed by atoms with Crippen LogP contribution in [0.3, 0.4) is 0 Å². The van der Waals surface area contributed by atoms with Crippen LogP contribution in [0.5, 0.6) is 0 Å². The molecule has 2 N–H and O–H groups in total. The lowest BCUT2D eigenvalue weighted by molar-refractivity contribution is 0.00522. The third-order valence-corrected chi connectivity index (χ3v) is 3.17. The van der Waals surface area contributed by atoms with Crippen molar-refractivity contribution >= 4 is 5.69 Å². The Morgan fingerprint density at radius 1 is 1.29 bits per heavy atom. The molecule has 1 heterocycles. The van der Waals surface area contributed by atoms with E-state index >= 15 is 0 Å². The van der Waals surface area contributed by atoms with Crippen molar-refractivity contribution in [1.82, 2.24) is 4.90 Å². The molecule has 1 aromatic rings. The zero-order valence-corrected chi connectivity index (χ0v) is 10.5. The molecular weight excluding hydrogens is 216 g/mol. The number of benzene rings is 1. The van der Waals surface area contributed by atoms with Crippen molar-refractivity contribution in [2.75, 3.05) is 33.1 Å². The van der Waals surface area contributed by atoms with Gasteiger partial charge in [0.25, 0.3) is 0 Å². The smallest absolute Gasteiger partial charge is 0.0931 e. The van der Waals surface area contributed by atoms with Gasteiger partial charge >= 0.3 is 0 Å². The number of nitrogen functional groups attached to an aromatic ring is 1. The van der Waals surface area contributed by atoms with E-state index in [2.05, 4.69) is 17.0 Å². The number of methoxy groups -OCH3 is 2. The molecule has 0 spiro atoms. The van der Waals surface area contributed by atoms with Crippen LogP contribution in [0, 0.1) is 0 Å². The van der Waals surface area contributed by atoms with Crippen molar-refractivity contribution < 1.29 is 9.47 Å². The summed E-state index contributed by atoms with van der Waals surface area (Å²) in [6.45, 7) is 3.44. The van der Waals surface area contributed by atoms with Gasteiger partial charge in [-0.1, -0.05) is 6.07 Å². The molecule has 0 aliphatic carbocycles. The first-order valence-corrected chi connectivity index (χ1v) is 5.84. The molecule has 0 radical (unpaired) electrons. The normalized spacial score (nSPS) is 17.1. The first-order valence-electron chi connectivity index (χ1n) is 5.84. The van der Waals surface area contributed by atoms with Crippen LogP contribution in [-0.4, -0.2) is 38.4 Å². The molecule has 0 bridgehead atoms. The first kappa shape index (κ1) is 12.4. The molecule has 0 saturated carbocycles. The van der Waals surface area contributed by atoms with E-state index < -0.39 is 0 Å².